The van der Waals surface area contributed by atoms with Crippen LogP contribution >= 0.6 is 0 Å². The van der Waals surface area contributed by atoms with Crippen LogP contribution in [0.25, 0.3) is 0 Å². The molecule has 1 rings (SSSR count). The lowest BCUT2D eigenvalue weighted by Crippen LogP contribution is -2.40. The normalized spacial score (nSPS) is 20.7. The van der Waals surface area contributed by atoms with Crippen LogP contribution in [0.1, 0.15) is 78.1 Å². The molecule has 1 heterocycles. The average molecular weight is 283 g/mol. The number of nitrogens with zero attached hydrogens (tertiary/aromatic N) is 1. The molecule has 0 radical (unpaired) electrons. The Balaban J connectivity index is 2.22. The summed E-state index contributed by atoms with van der Waals surface area (Å²) in [5.41, 5.74) is 0. The third kappa shape index (κ3) is 8.26. The number of hydrogen-bond donors (Lipinski definition) is 1. The molecule has 0 aromatic carbocycles. The van der Waals surface area contributed by atoms with Gasteiger partial charge in [-0.1, -0.05) is 52.4 Å². The van der Waals surface area contributed by atoms with Crippen molar-refractivity contribution < 1.29 is 0 Å². The molecule has 20 heavy (non-hydrogen) atoms. The van der Waals surface area contributed by atoms with Gasteiger partial charge in [0.1, 0.15) is 0 Å². The zero-order valence-electron chi connectivity index (χ0n) is 14.3. The third-order valence-corrected chi connectivity index (χ3v) is 4.73. The molecule has 0 aliphatic carbocycles. The highest BCUT2D eigenvalue weighted by atomic mass is 15.1. The molecule has 0 saturated carbocycles. The maximum absolute atomic E-state index is 3.90. The maximum atomic E-state index is 3.90. The van der Waals surface area contributed by atoms with E-state index in [0.29, 0.717) is 0 Å². The van der Waals surface area contributed by atoms with Crippen LogP contribution in [-0.2, 0) is 0 Å². The van der Waals surface area contributed by atoms with Gasteiger partial charge in [-0.3, -0.25) is 0 Å². The highest BCUT2D eigenvalue weighted by Gasteiger charge is 2.18. The summed E-state index contributed by atoms with van der Waals surface area (Å²) in [5, 5.41) is 3.90. The van der Waals surface area contributed by atoms with Crippen LogP contribution in [0, 0.1) is 5.92 Å². The molecular formula is C18H38N2. The number of nitrogens with one attached hydrogen (secondary N) is 1. The van der Waals surface area contributed by atoms with Crippen LogP contribution in [0.3, 0.4) is 0 Å². The minimum Gasteiger partial charge on any atom is -0.314 e. The monoisotopic (exact) mass is 282 g/mol. The fourth-order valence-corrected chi connectivity index (χ4v) is 3.40. The Kier molecular flexibility index (Phi) is 10.4. The molecule has 1 N–H and O–H groups in total. The minimum atomic E-state index is 0.778. The van der Waals surface area contributed by atoms with Crippen LogP contribution in [-0.4, -0.2) is 37.6 Å². The van der Waals surface area contributed by atoms with E-state index in [1.165, 1.54) is 83.8 Å². The zero-order chi connectivity index (χ0) is 14.6. The largest absolute Gasteiger partial charge is 0.314 e. The number of hydrogen-bond acceptors (Lipinski definition) is 2. The van der Waals surface area contributed by atoms with Gasteiger partial charge in [-0.15, -0.1) is 0 Å². The van der Waals surface area contributed by atoms with Gasteiger partial charge in [0.05, 0.1) is 0 Å². The molecule has 120 valence electrons. The topological polar surface area (TPSA) is 15.3 Å². The summed E-state index contributed by atoms with van der Waals surface area (Å²) < 4.78 is 0. The van der Waals surface area contributed by atoms with Gasteiger partial charge in [0.25, 0.3) is 0 Å². The molecular weight excluding hydrogens is 244 g/mol. The Morgan fingerprint density at radius 1 is 1.05 bits per heavy atom. The second-order valence-electron chi connectivity index (χ2n) is 6.87. The predicted molar refractivity (Wildman–Crippen MR) is 90.3 cm³/mol. The van der Waals surface area contributed by atoms with E-state index >= 15 is 0 Å². The first-order chi connectivity index (χ1) is 9.76. The molecule has 0 aromatic rings. The van der Waals surface area contributed by atoms with Crippen molar-refractivity contribution >= 4 is 0 Å². The van der Waals surface area contributed by atoms with Crippen LogP contribution in [0.4, 0.5) is 0 Å². The Morgan fingerprint density at radius 2 is 1.70 bits per heavy atom. The van der Waals surface area contributed by atoms with Crippen molar-refractivity contribution in [3.05, 3.63) is 0 Å². The van der Waals surface area contributed by atoms with Gasteiger partial charge in [-0.2, -0.15) is 0 Å². The van der Waals surface area contributed by atoms with Crippen molar-refractivity contribution in [2.75, 3.05) is 26.7 Å². The summed E-state index contributed by atoms with van der Waals surface area (Å²) in [5.74, 6) is 0.883. The molecule has 1 atom stereocenters. The van der Waals surface area contributed by atoms with Crippen molar-refractivity contribution in [1.82, 2.24) is 10.2 Å². The molecule has 2 nitrogen and oxygen atoms in total. The van der Waals surface area contributed by atoms with E-state index in [0.717, 1.165) is 12.0 Å². The van der Waals surface area contributed by atoms with E-state index in [4.69, 9.17) is 0 Å². The van der Waals surface area contributed by atoms with Crippen LogP contribution in [0.15, 0.2) is 0 Å². The third-order valence-electron chi connectivity index (χ3n) is 4.73. The van der Waals surface area contributed by atoms with Crippen molar-refractivity contribution in [1.29, 1.82) is 0 Å². The first kappa shape index (κ1) is 18.0. The smallest absolute Gasteiger partial charge is 0.00671 e. The second kappa shape index (κ2) is 11.6. The lowest BCUT2D eigenvalue weighted by Gasteiger charge is -2.31. The van der Waals surface area contributed by atoms with E-state index in [1.807, 2.05) is 0 Å². The van der Waals surface area contributed by atoms with E-state index in [1.54, 1.807) is 0 Å². The summed E-state index contributed by atoms with van der Waals surface area (Å²) in [4.78, 5) is 2.50. The summed E-state index contributed by atoms with van der Waals surface area (Å²) in [7, 11) is 2.27. The van der Waals surface area contributed by atoms with Gasteiger partial charge in [-0.05, 0) is 51.7 Å². The molecule has 0 amide bonds. The first-order valence-corrected chi connectivity index (χ1v) is 9.18. The van der Waals surface area contributed by atoms with Crippen LogP contribution < -0.4 is 5.32 Å². The molecule has 1 aliphatic heterocycles. The van der Waals surface area contributed by atoms with E-state index in [2.05, 4.69) is 31.1 Å². The van der Waals surface area contributed by atoms with E-state index in [-0.39, 0.29) is 0 Å². The summed E-state index contributed by atoms with van der Waals surface area (Å²) >= 11 is 0. The molecule has 0 aromatic heterocycles. The molecule has 1 saturated heterocycles. The predicted octanol–water partition coefficient (Wildman–Crippen LogP) is 4.45. The van der Waals surface area contributed by atoms with Gasteiger partial charge in [0.15, 0.2) is 0 Å². The highest BCUT2D eigenvalue weighted by molar-refractivity contribution is 4.75. The number of unbranched alkanes of at least 4 members (excludes halogenated alkanes) is 4. The van der Waals surface area contributed by atoms with Gasteiger partial charge < -0.3 is 10.2 Å². The molecule has 1 aliphatic rings. The van der Waals surface area contributed by atoms with Gasteiger partial charge >= 0.3 is 0 Å². The van der Waals surface area contributed by atoms with Gasteiger partial charge in [-0.25, -0.2) is 0 Å². The van der Waals surface area contributed by atoms with Crippen molar-refractivity contribution in [2.45, 2.75) is 84.1 Å². The quantitative estimate of drug-likeness (QED) is 0.563. The Labute approximate surface area is 127 Å². The van der Waals surface area contributed by atoms with Crippen LogP contribution in [0.5, 0.6) is 0 Å². The lowest BCUT2D eigenvalue weighted by molar-refractivity contribution is 0.200. The Hall–Kier alpha value is -0.0800. The standard InChI is InChI=1S/C18H38N2/c1-4-6-8-12-18(13-9-7-5-2)19-15-17-11-10-14-20(3)16-17/h17-19H,4-16H2,1-3H3. The van der Waals surface area contributed by atoms with E-state index in [9.17, 15) is 0 Å². The average Bonchev–Trinajstić information content (AvgIpc) is 2.44. The fourth-order valence-electron chi connectivity index (χ4n) is 3.40. The number of piperidine rings is 1. The zero-order valence-corrected chi connectivity index (χ0v) is 14.3. The lowest BCUT2D eigenvalue weighted by atomic mass is 9.96. The molecule has 2 heteroatoms. The van der Waals surface area contributed by atoms with Gasteiger partial charge in [0, 0.05) is 12.6 Å². The molecule has 0 spiro atoms. The van der Waals surface area contributed by atoms with Crippen LogP contribution in [0.2, 0.25) is 0 Å². The first-order valence-electron chi connectivity index (χ1n) is 9.18. The number of rotatable bonds is 11. The second-order valence-corrected chi connectivity index (χ2v) is 6.87. The van der Waals surface area contributed by atoms with Gasteiger partial charge in [0.2, 0.25) is 0 Å². The minimum absolute atomic E-state index is 0.778. The SMILES string of the molecule is CCCCCC(CCCCC)NCC1CCCN(C)C1. The highest BCUT2D eigenvalue weighted by Crippen LogP contribution is 2.16. The molecule has 0 bridgehead atoms. The summed E-state index contributed by atoms with van der Waals surface area (Å²) in [6.07, 6.45) is 13.9. The molecule has 1 unspecified atom stereocenters. The molecule has 1 fully saturated rings. The summed E-state index contributed by atoms with van der Waals surface area (Å²) in [6.45, 7) is 8.44. The van der Waals surface area contributed by atoms with Crippen molar-refractivity contribution in [3.63, 3.8) is 0 Å². The maximum Gasteiger partial charge on any atom is 0.00671 e. The van der Waals surface area contributed by atoms with Crippen molar-refractivity contribution in [3.8, 4) is 0 Å². The summed E-state index contributed by atoms with van der Waals surface area (Å²) in [6, 6.07) is 0.778. The van der Waals surface area contributed by atoms with Crippen molar-refractivity contribution in [2.24, 2.45) is 5.92 Å². The fraction of sp³-hybridized carbons (Fsp3) is 1.00. The Bertz CT molecular complexity index is 207. The number of likely N-dealkylation sites (tertiary alicyclic amines) is 1. The van der Waals surface area contributed by atoms with E-state index < -0.39 is 0 Å². The Morgan fingerprint density at radius 3 is 2.25 bits per heavy atom.